The lowest BCUT2D eigenvalue weighted by atomic mass is 10.0. The van der Waals surface area contributed by atoms with Crippen LogP contribution in [-0.2, 0) is 6.54 Å². The van der Waals surface area contributed by atoms with Crippen LogP contribution in [0.2, 0.25) is 0 Å². The summed E-state index contributed by atoms with van der Waals surface area (Å²) in [5.74, 6) is -0.191. The molecule has 4 heteroatoms. The van der Waals surface area contributed by atoms with E-state index in [0.29, 0.717) is 5.56 Å². The van der Waals surface area contributed by atoms with E-state index in [1.807, 2.05) is 42.5 Å². The number of rotatable bonds is 2. The van der Waals surface area contributed by atoms with E-state index in [2.05, 4.69) is 42.5 Å². The molecule has 1 aromatic heterocycles. The number of aryl methyl sites for hydroxylation is 3. The molecule has 0 aliphatic heterocycles. The summed E-state index contributed by atoms with van der Waals surface area (Å²) in [7, 11) is 0. The molecule has 0 aliphatic carbocycles. The van der Waals surface area contributed by atoms with Crippen molar-refractivity contribution in [2.45, 2.75) is 27.3 Å². The topological polar surface area (TPSA) is 34.4 Å². The lowest BCUT2D eigenvalue weighted by Crippen LogP contribution is -2.16. The standard InChI is InChI=1S/C22H20N2OS/c1-4-24-19-12-14(2)15(3)13-20(19)26-22(24)23-21(25)18-11-7-9-16-8-5-6-10-17(16)18/h5-13H,4H2,1-3H3. The molecule has 0 spiro atoms. The number of amides is 1. The van der Waals surface area contributed by atoms with Gasteiger partial charge in [0.1, 0.15) is 0 Å². The van der Waals surface area contributed by atoms with Crippen LogP contribution in [0.1, 0.15) is 28.4 Å². The summed E-state index contributed by atoms with van der Waals surface area (Å²) in [6, 6.07) is 18.1. The molecule has 0 unspecified atom stereocenters. The minimum atomic E-state index is -0.191. The van der Waals surface area contributed by atoms with Gasteiger partial charge >= 0.3 is 0 Å². The van der Waals surface area contributed by atoms with E-state index in [9.17, 15) is 4.79 Å². The highest BCUT2D eigenvalue weighted by Crippen LogP contribution is 2.23. The van der Waals surface area contributed by atoms with E-state index in [4.69, 9.17) is 0 Å². The maximum Gasteiger partial charge on any atom is 0.280 e. The van der Waals surface area contributed by atoms with Crippen LogP contribution in [0.3, 0.4) is 0 Å². The van der Waals surface area contributed by atoms with Crippen LogP contribution in [0.4, 0.5) is 0 Å². The van der Waals surface area contributed by atoms with Gasteiger partial charge in [-0.25, -0.2) is 0 Å². The maximum absolute atomic E-state index is 12.9. The molecule has 4 aromatic rings. The number of nitrogens with zero attached hydrogens (tertiary/aromatic N) is 2. The van der Waals surface area contributed by atoms with E-state index in [-0.39, 0.29) is 5.91 Å². The highest BCUT2D eigenvalue weighted by Gasteiger charge is 2.11. The molecule has 0 saturated heterocycles. The average Bonchev–Trinajstić information content (AvgIpc) is 2.97. The van der Waals surface area contributed by atoms with Crippen molar-refractivity contribution < 1.29 is 4.79 Å². The molecule has 26 heavy (non-hydrogen) atoms. The van der Waals surface area contributed by atoms with Crippen LogP contribution in [0.15, 0.2) is 59.6 Å². The first kappa shape index (κ1) is 16.7. The molecular formula is C22H20N2OS. The Balaban J connectivity index is 1.91. The Labute approximate surface area is 156 Å². The molecule has 3 aromatic carbocycles. The van der Waals surface area contributed by atoms with Crippen LogP contribution in [0, 0.1) is 13.8 Å². The fourth-order valence-corrected chi connectivity index (χ4v) is 4.44. The lowest BCUT2D eigenvalue weighted by molar-refractivity contribution is 0.0999. The van der Waals surface area contributed by atoms with Crippen LogP contribution >= 0.6 is 11.3 Å². The largest absolute Gasteiger partial charge is 0.317 e. The van der Waals surface area contributed by atoms with Crippen LogP contribution < -0.4 is 4.80 Å². The summed E-state index contributed by atoms with van der Waals surface area (Å²) >= 11 is 1.58. The fourth-order valence-electron chi connectivity index (χ4n) is 3.27. The van der Waals surface area contributed by atoms with Crippen LogP contribution in [0.25, 0.3) is 21.0 Å². The molecule has 130 valence electrons. The van der Waals surface area contributed by atoms with Crippen molar-refractivity contribution in [3.8, 4) is 0 Å². The molecular weight excluding hydrogens is 340 g/mol. The second-order valence-corrected chi connectivity index (χ2v) is 7.49. The first-order valence-electron chi connectivity index (χ1n) is 8.76. The predicted molar refractivity (Wildman–Crippen MR) is 109 cm³/mol. The van der Waals surface area contributed by atoms with Crippen molar-refractivity contribution in [2.24, 2.45) is 4.99 Å². The summed E-state index contributed by atoms with van der Waals surface area (Å²) in [5.41, 5.74) is 4.30. The van der Waals surface area contributed by atoms with Gasteiger partial charge in [-0.1, -0.05) is 47.7 Å². The Morgan fingerprint density at radius 3 is 2.58 bits per heavy atom. The SMILES string of the molecule is CCn1c(=NC(=O)c2cccc3ccccc23)sc2cc(C)c(C)cc21. The van der Waals surface area contributed by atoms with Crippen molar-refractivity contribution >= 4 is 38.2 Å². The van der Waals surface area contributed by atoms with Gasteiger partial charge in [0.2, 0.25) is 0 Å². The van der Waals surface area contributed by atoms with Crippen molar-refractivity contribution in [3.05, 3.63) is 76.1 Å². The van der Waals surface area contributed by atoms with E-state index < -0.39 is 0 Å². The zero-order chi connectivity index (χ0) is 18.3. The van der Waals surface area contributed by atoms with Crippen molar-refractivity contribution in [3.63, 3.8) is 0 Å². The Kier molecular flexibility index (Phi) is 4.21. The van der Waals surface area contributed by atoms with Crippen molar-refractivity contribution in [1.29, 1.82) is 0 Å². The van der Waals surface area contributed by atoms with Gasteiger partial charge in [-0.2, -0.15) is 4.99 Å². The number of carbonyl (C=O) groups excluding carboxylic acids is 1. The summed E-state index contributed by atoms with van der Waals surface area (Å²) < 4.78 is 3.29. The third-order valence-corrected chi connectivity index (χ3v) is 5.87. The second-order valence-electron chi connectivity index (χ2n) is 6.48. The predicted octanol–water partition coefficient (Wildman–Crippen LogP) is 5.23. The van der Waals surface area contributed by atoms with Gasteiger partial charge < -0.3 is 4.57 Å². The Morgan fingerprint density at radius 2 is 1.77 bits per heavy atom. The number of benzene rings is 3. The Hall–Kier alpha value is -2.72. The van der Waals surface area contributed by atoms with Crippen molar-refractivity contribution in [1.82, 2.24) is 4.57 Å². The van der Waals surface area contributed by atoms with Crippen molar-refractivity contribution in [2.75, 3.05) is 0 Å². The maximum atomic E-state index is 12.9. The first-order valence-corrected chi connectivity index (χ1v) is 9.57. The Bertz CT molecular complexity index is 1210. The summed E-state index contributed by atoms with van der Waals surface area (Å²) in [4.78, 5) is 18.2. The minimum absolute atomic E-state index is 0.191. The highest BCUT2D eigenvalue weighted by atomic mass is 32.1. The first-order chi connectivity index (χ1) is 12.6. The molecule has 4 rings (SSSR count). The number of carbonyl (C=O) groups is 1. The van der Waals surface area contributed by atoms with Gasteiger partial charge in [0.25, 0.3) is 5.91 Å². The number of thiazole rings is 1. The lowest BCUT2D eigenvalue weighted by Gasteiger charge is -2.04. The normalized spacial score (nSPS) is 12.2. The number of hydrogen-bond acceptors (Lipinski definition) is 2. The number of hydrogen-bond donors (Lipinski definition) is 0. The molecule has 0 N–H and O–H groups in total. The quantitative estimate of drug-likeness (QED) is 0.482. The summed E-state index contributed by atoms with van der Waals surface area (Å²) in [6.07, 6.45) is 0. The third kappa shape index (κ3) is 2.76. The second kappa shape index (κ2) is 6.54. The summed E-state index contributed by atoms with van der Waals surface area (Å²) in [5, 5.41) is 2.00. The van der Waals surface area contributed by atoms with Gasteiger partial charge in [0, 0.05) is 12.1 Å². The van der Waals surface area contributed by atoms with Crippen LogP contribution in [-0.4, -0.2) is 10.5 Å². The molecule has 0 fully saturated rings. The Morgan fingerprint density at radius 1 is 1.04 bits per heavy atom. The van der Waals surface area contributed by atoms with E-state index in [1.54, 1.807) is 11.3 Å². The summed E-state index contributed by atoms with van der Waals surface area (Å²) in [6.45, 7) is 7.10. The molecule has 0 radical (unpaired) electrons. The van der Waals surface area contributed by atoms with Gasteiger partial charge in [-0.15, -0.1) is 0 Å². The molecule has 1 heterocycles. The minimum Gasteiger partial charge on any atom is -0.317 e. The van der Waals surface area contributed by atoms with E-state index in [1.165, 1.54) is 15.8 Å². The van der Waals surface area contributed by atoms with Gasteiger partial charge in [-0.3, -0.25) is 4.79 Å². The molecule has 0 bridgehead atoms. The fraction of sp³-hybridized carbons (Fsp3) is 0.182. The molecule has 0 atom stereocenters. The smallest absolute Gasteiger partial charge is 0.280 e. The van der Waals surface area contributed by atoms with Crippen LogP contribution in [0.5, 0.6) is 0 Å². The monoisotopic (exact) mass is 360 g/mol. The number of fused-ring (bicyclic) bond motifs is 2. The molecule has 0 aliphatic rings. The zero-order valence-electron chi connectivity index (χ0n) is 15.1. The average molecular weight is 360 g/mol. The molecule has 1 amide bonds. The van der Waals surface area contributed by atoms with Gasteiger partial charge in [0.05, 0.1) is 10.2 Å². The molecule has 0 saturated carbocycles. The van der Waals surface area contributed by atoms with Gasteiger partial charge in [0.15, 0.2) is 4.80 Å². The van der Waals surface area contributed by atoms with E-state index >= 15 is 0 Å². The highest BCUT2D eigenvalue weighted by molar-refractivity contribution is 7.16. The number of aromatic nitrogens is 1. The zero-order valence-corrected chi connectivity index (χ0v) is 15.9. The third-order valence-electron chi connectivity index (χ3n) is 4.83. The van der Waals surface area contributed by atoms with Gasteiger partial charge in [-0.05, 0) is 60.9 Å². The van der Waals surface area contributed by atoms with E-state index in [0.717, 1.165) is 27.6 Å². The molecule has 3 nitrogen and oxygen atoms in total.